The number of ether oxygens (including phenoxy) is 1. The van der Waals surface area contributed by atoms with E-state index in [0.29, 0.717) is 6.42 Å². The van der Waals surface area contributed by atoms with Gasteiger partial charge in [0.2, 0.25) is 0 Å². The minimum absolute atomic E-state index is 0.0757. The number of hydrogen-bond acceptors (Lipinski definition) is 2. The molecule has 0 heterocycles. The number of benzene rings is 1. The van der Waals surface area contributed by atoms with Gasteiger partial charge in [0.05, 0.1) is 0 Å². The van der Waals surface area contributed by atoms with E-state index < -0.39 is 0 Å². The quantitative estimate of drug-likeness (QED) is 0.708. The zero-order valence-corrected chi connectivity index (χ0v) is 9.83. The topological polar surface area (TPSA) is 26.3 Å². The summed E-state index contributed by atoms with van der Waals surface area (Å²) in [6.07, 6.45) is 0.397. The Morgan fingerprint density at radius 3 is 2.20 bits per heavy atom. The third-order valence-corrected chi connectivity index (χ3v) is 2.45. The second kappa shape index (κ2) is 5.08. The van der Waals surface area contributed by atoms with E-state index in [2.05, 4.69) is 6.07 Å². The zero-order chi connectivity index (χ0) is 11.4. The molecule has 0 fully saturated rings. The van der Waals surface area contributed by atoms with Gasteiger partial charge in [-0.3, -0.25) is 4.79 Å². The monoisotopic (exact) mass is 206 g/mol. The maximum absolute atomic E-state index is 12.0. The van der Waals surface area contributed by atoms with Gasteiger partial charge in [-0.05, 0) is 32.4 Å². The Hall–Kier alpha value is -1.15. The van der Waals surface area contributed by atoms with Crippen LogP contribution >= 0.6 is 0 Å². The molecule has 0 bridgehead atoms. The second-order valence-corrected chi connectivity index (χ2v) is 3.87. The third-order valence-electron chi connectivity index (χ3n) is 2.45. The summed E-state index contributed by atoms with van der Waals surface area (Å²) in [6, 6.07) is 5.89. The van der Waals surface area contributed by atoms with E-state index in [0.717, 1.165) is 16.7 Å². The molecule has 0 aromatic heterocycles. The smallest absolute Gasteiger partial charge is 0.191 e. The van der Waals surface area contributed by atoms with Crippen molar-refractivity contribution in [2.75, 3.05) is 7.11 Å². The molecule has 0 radical (unpaired) electrons. The van der Waals surface area contributed by atoms with Crippen molar-refractivity contribution in [3.63, 3.8) is 0 Å². The van der Waals surface area contributed by atoms with Crippen molar-refractivity contribution in [1.29, 1.82) is 0 Å². The van der Waals surface area contributed by atoms with Crippen LogP contribution in [0.4, 0.5) is 0 Å². The largest absolute Gasteiger partial charge is 0.373 e. The van der Waals surface area contributed by atoms with Crippen molar-refractivity contribution < 1.29 is 9.53 Å². The van der Waals surface area contributed by atoms with E-state index >= 15 is 0 Å². The van der Waals surface area contributed by atoms with Crippen LogP contribution in [-0.4, -0.2) is 19.0 Å². The predicted molar refractivity (Wildman–Crippen MR) is 61.3 cm³/mol. The van der Waals surface area contributed by atoms with Crippen molar-refractivity contribution in [2.45, 2.75) is 33.3 Å². The summed E-state index contributed by atoms with van der Waals surface area (Å²) >= 11 is 0. The maximum atomic E-state index is 12.0. The Morgan fingerprint density at radius 1 is 1.27 bits per heavy atom. The minimum atomic E-state index is -0.314. The van der Waals surface area contributed by atoms with Crippen molar-refractivity contribution in [3.8, 4) is 0 Å². The lowest BCUT2D eigenvalue weighted by Crippen LogP contribution is -2.22. The highest BCUT2D eigenvalue weighted by atomic mass is 16.5. The van der Waals surface area contributed by atoms with Gasteiger partial charge in [-0.15, -0.1) is 0 Å². The van der Waals surface area contributed by atoms with Crippen LogP contribution < -0.4 is 0 Å². The van der Waals surface area contributed by atoms with Crippen LogP contribution in [0.25, 0.3) is 0 Å². The summed E-state index contributed by atoms with van der Waals surface area (Å²) in [5, 5.41) is 0. The molecule has 1 aromatic rings. The molecular weight excluding hydrogens is 188 g/mol. The molecule has 0 amide bonds. The second-order valence-electron chi connectivity index (χ2n) is 3.87. The lowest BCUT2D eigenvalue weighted by Gasteiger charge is -2.12. The fraction of sp³-hybridized carbons (Fsp3) is 0.462. The first kappa shape index (κ1) is 11.9. The van der Waals surface area contributed by atoms with Crippen LogP contribution in [0.2, 0.25) is 0 Å². The van der Waals surface area contributed by atoms with Gasteiger partial charge in [0.25, 0.3) is 0 Å². The van der Waals surface area contributed by atoms with Gasteiger partial charge >= 0.3 is 0 Å². The minimum Gasteiger partial charge on any atom is -0.373 e. The van der Waals surface area contributed by atoms with Crippen molar-refractivity contribution in [2.24, 2.45) is 0 Å². The molecule has 0 aliphatic rings. The SMILES string of the molecule is CCC(OC)C(=O)c1cc(C)cc(C)c1. The number of hydrogen-bond donors (Lipinski definition) is 0. The molecule has 0 aliphatic heterocycles. The normalized spacial score (nSPS) is 12.5. The molecule has 0 N–H and O–H groups in total. The van der Waals surface area contributed by atoms with E-state index in [4.69, 9.17) is 4.74 Å². The average Bonchev–Trinajstić information content (AvgIpc) is 2.18. The van der Waals surface area contributed by atoms with Gasteiger partial charge < -0.3 is 4.74 Å². The van der Waals surface area contributed by atoms with E-state index in [9.17, 15) is 4.79 Å². The number of aryl methyl sites for hydroxylation is 2. The first-order chi connectivity index (χ1) is 7.08. The molecule has 2 heteroatoms. The molecule has 82 valence electrons. The first-order valence-electron chi connectivity index (χ1n) is 5.23. The van der Waals surface area contributed by atoms with Crippen LogP contribution in [0, 0.1) is 13.8 Å². The van der Waals surface area contributed by atoms with E-state index in [1.807, 2.05) is 32.9 Å². The van der Waals surface area contributed by atoms with Crippen LogP contribution in [0.15, 0.2) is 18.2 Å². The fourth-order valence-electron chi connectivity index (χ4n) is 1.76. The molecule has 1 aromatic carbocycles. The summed E-state index contributed by atoms with van der Waals surface area (Å²) in [4.78, 5) is 12.0. The summed E-state index contributed by atoms with van der Waals surface area (Å²) in [7, 11) is 1.58. The van der Waals surface area contributed by atoms with Crippen LogP contribution in [0.1, 0.15) is 34.8 Å². The van der Waals surface area contributed by atoms with Gasteiger partial charge in [-0.1, -0.05) is 24.1 Å². The molecular formula is C13H18O2. The van der Waals surface area contributed by atoms with E-state index in [1.165, 1.54) is 0 Å². The Kier molecular flexibility index (Phi) is 4.04. The summed E-state index contributed by atoms with van der Waals surface area (Å²) in [5.41, 5.74) is 2.98. The molecule has 1 rings (SSSR count). The van der Waals surface area contributed by atoms with E-state index in [-0.39, 0.29) is 11.9 Å². The van der Waals surface area contributed by atoms with Gasteiger partial charge in [-0.2, -0.15) is 0 Å². The van der Waals surface area contributed by atoms with Gasteiger partial charge in [0.1, 0.15) is 6.10 Å². The summed E-state index contributed by atoms with van der Waals surface area (Å²) in [5.74, 6) is 0.0757. The van der Waals surface area contributed by atoms with Gasteiger partial charge in [0.15, 0.2) is 5.78 Å². The summed E-state index contributed by atoms with van der Waals surface area (Å²) in [6.45, 7) is 5.95. The molecule has 1 unspecified atom stereocenters. The molecule has 2 nitrogen and oxygen atoms in total. The Labute approximate surface area is 91.3 Å². The van der Waals surface area contributed by atoms with Crippen LogP contribution in [-0.2, 0) is 4.74 Å². The number of ketones is 1. The van der Waals surface area contributed by atoms with Crippen molar-refractivity contribution >= 4 is 5.78 Å². The first-order valence-corrected chi connectivity index (χ1v) is 5.23. The zero-order valence-electron chi connectivity index (χ0n) is 9.83. The van der Waals surface area contributed by atoms with Crippen LogP contribution in [0.5, 0.6) is 0 Å². The number of Topliss-reactive ketones (excluding diaryl/α,β-unsaturated/α-hetero) is 1. The maximum Gasteiger partial charge on any atom is 0.191 e. The lowest BCUT2D eigenvalue weighted by atomic mass is 10.00. The molecule has 15 heavy (non-hydrogen) atoms. The molecule has 0 saturated carbocycles. The van der Waals surface area contributed by atoms with Gasteiger partial charge in [-0.25, -0.2) is 0 Å². The highest BCUT2D eigenvalue weighted by Gasteiger charge is 2.17. The van der Waals surface area contributed by atoms with Crippen molar-refractivity contribution in [1.82, 2.24) is 0 Å². The summed E-state index contributed by atoms with van der Waals surface area (Å²) < 4.78 is 5.15. The molecule has 1 atom stereocenters. The standard InChI is InChI=1S/C13H18O2/c1-5-12(15-4)13(14)11-7-9(2)6-10(3)8-11/h6-8,12H,5H2,1-4H3. The Balaban J connectivity index is 3.00. The number of methoxy groups -OCH3 is 1. The number of rotatable bonds is 4. The molecule has 0 spiro atoms. The molecule has 0 aliphatic carbocycles. The highest BCUT2D eigenvalue weighted by Crippen LogP contribution is 2.13. The lowest BCUT2D eigenvalue weighted by molar-refractivity contribution is 0.0595. The highest BCUT2D eigenvalue weighted by molar-refractivity contribution is 5.99. The predicted octanol–water partition coefficient (Wildman–Crippen LogP) is 2.91. The van der Waals surface area contributed by atoms with E-state index in [1.54, 1.807) is 7.11 Å². The Bertz CT molecular complexity index is 331. The Morgan fingerprint density at radius 2 is 1.80 bits per heavy atom. The average molecular weight is 206 g/mol. The number of carbonyl (C=O) groups is 1. The van der Waals surface area contributed by atoms with Crippen LogP contribution in [0.3, 0.4) is 0 Å². The number of carbonyl (C=O) groups excluding carboxylic acids is 1. The van der Waals surface area contributed by atoms with Gasteiger partial charge in [0, 0.05) is 12.7 Å². The molecule has 0 saturated heterocycles. The van der Waals surface area contributed by atoms with Crippen molar-refractivity contribution in [3.05, 3.63) is 34.9 Å². The third kappa shape index (κ3) is 2.90. The fourth-order valence-corrected chi connectivity index (χ4v) is 1.76.